The van der Waals surface area contributed by atoms with Crippen molar-refractivity contribution in [1.29, 1.82) is 0 Å². The van der Waals surface area contributed by atoms with Crippen molar-refractivity contribution in [3.63, 3.8) is 0 Å². The molecule has 1 amide bonds. The summed E-state index contributed by atoms with van der Waals surface area (Å²) in [6, 6.07) is 4.25. The zero-order valence-electron chi connectivity index (χ0n) is 9.97. The van der Waals surface area contributed by atoms with E-state index in [1.807, 2.05) is 0 Å². The van der Waals surface area contributed by atoms with Gasteiger partial charge in [-0.2, -0.15) is 0 Å². The topological polar surface area (TPSA) is 89.8 Å². The van der Waals surface area contributed by atoms with Crippen molar-refractivity contribution >= 4 is 5.91 Å². The minimum Gasteiger partial charge on any atom is -0.504 e. The molecule has 1 aromatic rings. The van der Waals surface area contributed by atoms with Crippen LogP contribution in [0.1, 0.15) is 29.6 Å². The first kappa shape index (κ1) is 12.7. The van der Waals surface area contributed by atoms with Crippen molar-refractivity contribution in [3.8, 4) is 11.5 Å². The van der Waals surface area contributed by atoms with Gasteiger partial charge in [0, 0.05) is 12.5 Å². The first-order valence-electron chi connectivity index (χ1n) is 6.07. The van der Waals surface area contributed by atoms with Crippen LogP contribution in [-0.2, 0) is 0 Å². The zero-order valence-corrected chi connectivity index (χ0v) is 9.97. The van der Waals surface area contributed by atoms with E-state index in [-0.39, 0.29) is 23.3 Å². The van der Waals surface area contributed by atoms with Crippen LogP contribution in [0, 0.1) is 5.92 Å². The van der Waals surface area contributed by atoms with Gasteiger partial charge in [0.2, 0.25) is 0 Å². The summed E-state index contributed by atoms with van der Waals surface area (Å²) in [7, 11) is 0. The lowest BCUT2D eigenvalue weighted by Crippen LogP contribution is -2.32. The van der Waals surface area contributed by atoms with Gasteiger partial charge in [0.15, 0.2) is 11.5 Å². The number of para-hydroxylation sites is 1. The SMILES string of the molecule is O=C(NCC1CCCC1O)c1cccc(O)c1O. The maximum atomic E-state index is 11.8. The Morgan fingerprint density at radius 2 is 2.11 bits per heavy atom. The van der Waals surface area contributed by atoms with Crippen LogP contribution < -0.4 is 5.32 Å². The van der Waals surface area contributed by atoms with Crippen molar-refractivity contribution in [2.75, 3.05) is 6.54 Å². The van der Waals surface area contributed by atoms with Crippen LogP contribution in [0.25, 0.3) is 0 Å². The number of benzene rings is 1. The summed E-state index contributed by atoms with van der Waals surface area (Å²) in [4.78, 5) is 11.8. The summed E-state index contributed by atoms with van der Waals surface area (Å²) in [5.41, 5.74) is 0.0440. The van der Waals surface area contributed by atoms with E-state index in [2.05, 4.69) is 5.32 Å². The van der Waals surface area contributed by atoms with Crippen LogP contribution in [0.2, 0.25) is 0 Å². The molecule has 2 rings (SSSR count). The highest BCUT2D eigenvalue weighted by molar-refractivity contribution is 5.97. The van der Waals surface area contributed by atoms with Gasteiger partial charge in [-0.1, -0.05) is 12.5 Å². The molecule has 5 heteroatoms. The molecule has 1 fully saturated rings. The number of aliphatic hydroxyl groups is 1. The van der Waals surface area contributed by atoms with E-state index in [1.54, 1.807) is 0 Å². The van der Waals surface area contributed by atoms with Gasteiger partial charge in [0.1, 0.15) is 0 Å². The van der Waals surface area contributed by atoms with E-state index in [0.717, 1.165) is 19.3 Å². The number of aromatic hydroxyl groups is 2. The van der Waals surface area contributed by atoms with Gasteiger partial charge in [0.05, 0.1) is 11.7 Å². The lowest BCUT2D eigenvalue weighted by Gasteiger charge is -2.15. The summed E-state index contributed by atoms with van der Waals surface area (Å²) in [6.07, 6.45) is 2.29. The summed E-state index contributed by atoms with van der Waals surface area (Å²) in [5.74, 6) is -1.10. The molecule has 0 spiro atoms. The number of amides is 1. The second-order valence-electron chi connectivity index (χ2n) is 4.64. The molecule has 0 radical (unpaired) electrons. The molecular formula is C13H17NO4. The molecule has 18 heavy (non-hydrogen) atoms. The third kappa shape index (κ3) is 2.56. The van der Waals surface area contributed by atoms with Crippen molar-refractivity contribution in [2.24, 2.45) is 5.92 Å². The largest absolute Gasteiger partial charge is 0.504 e. The monoisotopic (exact) mass is 251 g/mol. The van der Waals surface area contributed by atoms with Gasteiger partial charge in [-0.15, -0.1) is 0 Å². The molecule has 0 aliphatic heterocycles. The zero-order chi connectivity index (χ0) is 13.1. The van der Waals surface area contributed by atoms with E-state index in [4.69, 9.17) is 0 Å². The molecule has 0 aromatic heterocycles. The van der Waals surface area contributed by atoms with Crippen molar-refractivity contribution < 1.29 is 20.1 Å². The van der Waals surface area contributed by atoms with Crippen LogP contribution in [0.15, 0.2) is 18.2 Å². The number of rotatable bonds is 3. The Hall–Kier alpha value is -1.75. The lowest BCUT2D eigenvalue weighted by molar-refractivity contribution is 0.0913. The molecule has 1 saturated carbocycles. The maximum absolute atomic E-state index is 11.8. The molecule has 2 unspecified atom stereocenters. The maximum Gasteiger partial charge on any atom is 0.255 e. The molecule has 0 bridgehead atoms. The van der Waals surface area contributed by atoms with Crippen molar-refractivity contribution in [3.05, 3.63) is 23.8 Å². The van der Waals surface area contributed by atoms with Crippen LogP contribution in [0.4, 0.5) is 0 Å². The molecular weight excluding hydrogens is 234 g/mol. The van der Waals surface area contributed by atoms with Gasteiger partial charge in [0.25, 0.3) is 5.91 Å². The summed E-state index contributed by atoms with van der Waals surface area (Å²) < 4.78 is 0. The Morgan fingerprint density at radius 3 is 2.78 bits per heavy atom. The van der Waals surface area contributed by atoms with E-state index >= 15 is 0 Å². The predicted molar refractivity (Wildman–Crippen MR) is 65.5 cm³/mol. The summed E-state index contributed by atoms with van der Waals surface area (Å²) in [5, 5.41) is 31.2. The quantitative estimate of drug-likeness (QED) is 0.603. The van der Waals surface area contributed by atoms with Crippen LogP contribution in [-0.4, -0.2) is 33.9 Å². The van der Waals surface area contributed by atoms with E-state index in [9.17, 15) is 20.1 Å². The number of aliphatic hydroxyl groups excluding tert-OH is 1. The fourth-order valence-corrected chi connectivity index (χ4v) is 2.29. The molecule has 2 atom stereocenters. The van der Waals surface area contributed by atoms with Gasteiger partial charge in [-0.05, 0) is 25.0 Å². The molecule has 1 aliphatic rings. The number of nitrogens with one attached hydrogen (secondary N) is 1. The molecule has 1 aliphatic carbocycles. The summed E-state index contributed by atoms with van der Waals surface area (Å²) >= 11 is 0. The molecule has 98 valence electrons. The third-order valence-electron chi connectivity index (χ3n) is 3.40. The Morgan fingerprint density at radius 1 is 1.33 bits per heavy atom. The highest BCUT2D eigenvalue weighted by atomic mass is 16.3. The Balaban J connectivity index is 1.97. The fourth-order valence-electron chi connectivity index (χ4n) is 2.29. The molecule has 0 saturated heterocycles. The average molecular weight is 251 g/mol. The van der Waals surface area contributed by atoms with Crippen LogP contribution in [0.5, 0.6) is 11.5 Å². The third-order valence-corrected chi connectivity index (χ3v) is 3.40. The van der Waals surface area contributed by atoms with E-state index in [1.165, 1.54) is 18.2 Å². The predicted octanol–water partition coefficient (Wildman–Crippen LogP) is 0.989. The molecule has 1 aromatic carbocycles. The Labute approximate surface area is 105 Å². The summed E-state index contributed by atoms with van der Waals surface area (Å²) in [6.45, 7) is 0.384. The number of hydrogen-bond donors (Lipinski definition) is 4. The average Bonchev–Trinajstić information content (AvgIpc) is 2.75. The van der Waals surface area contributed by atoms with Crippen LogP contribution in [0.3, 0.4) is 0 Å². The van der Waals surface area contributed by atoms with Crippen molar-refractivity contribution in [2.45, 2.75) is 25.4 Å². The number of hydrogen-bond acceptors (Lipinski definition) is 4. The Kier molecular flexibility index (Phi) is 3.72. The highest BCUT2D eigenvalue weighted by Gasteiger charge is 2.25. The normalized spacial score (nSPS) is 22.9. The first-order valence-corrected chi connectivity index (χ1v) is 6.07. The van der Waals surface area contributed by atoms with Gasteiger partial charge >= 0.3 is 0 Å². The van der Waals surface area contributed by atoms with Crippen LogP contribution >= 0.6 is 0 Å². The fraction of sp³-hybridized carbons (Fsp3) is 0.462. The van der Waals surface area contributed by atoms with Crippen molar-refractivity contribution in [1.82, 2.24) is 5.32 Å². The van der Waals surface area contributed by atoms with Gasteiger partial charge in [-0.3, -0.25) is 4.79 Å². The van der Waals surface area contributed by atoms with E-state index < -0.39 is 11.7 Å². The molecule has 4 N–H and O–H groups in total. The number of carbonyl (C=O) groups is 1. The lowest BCUT2D eigenvalue weighted by atomic mass is 10.1. The minimum absolute atomic E-state index is 0.0440. The minimum atomic E-state index is -0.442. The molecule has 0 heterocycles. The number of phenols is 2. The number of carbonyl (C=O) groups excluding carboxylic acids is 1. The standard InChI is InChI=1S/C13H17NO4/c15-10-5-1-3-8(10)7-14-13(18)9-4-2-6-11(16)12(9)17/h2,4,6,8,10,15-17H,1,3,5,7H2,(H,14,18). The van der Waals surface area contributed by atoms with Gasteiger partial charge in [-0.25, -0.2) is 0 Å². The smallest absolute Gasteiger partial charge is 0.255 e. The first-order chi connectivity index (χ1) is 8.59. The number of phenolic OH excluding ortho intramolecular Hbond substituents is 2. The van der Waals surface area contributed by atoms with Gasteiger partial charge < -0.3 is 20.6 Å². The molecule has 5 nitrogen and oxygen atoms in total. The second kappa shape index (κ2) is 5.27. The van der Waals surface area contributed by atoms with E-state index in [0.29, 0.717) is 6.54 Å². The Bertz CT molecular complexity index is 447. The second-order valence-corrected chi connectivity index (χ2v) is 4.64. The highest BCUT2D eigenvalue weighted by Crippen LogP contribution is 2.28.